The molecule has 6 heteroatoms. The first-order valence-corrected chi connectivity index (χ1v) is 5.88. The van der Waals surface area contributed by atoms with Crippen LogP contribution in [0.15, 0.2) is 10.5 Å². The summed E-state index contributed by atoms with van der Waals surface area (Å²) in [5.74, 6) is -0.492. The predicted octanol–water partition coefficient (Wildman–Crippen LogP) is 3.18. The molecule has 1 rings (SSSR count). The molecule has 0 saturated carbocycles. The summed E-state index contributed by atoms with van der Waals surface area (Å²) in [6, 6.07) is 1.73. The number of carbonyl (C=O) groups excluding carboxylic acids is 1. The normalized spacial score (nSPS) is 10.0. The van der Waals surface area contributed by atoms with Crippen molar-refractivity contribution in [3.63, 3.8) is 0 Å². The van der Waals surface area contributed by atoms with Gasteiger partial charge in [-0.3, -0.25) is 0 Å². The lowest BCUT2D eigenvalue weighted by Crippen LogP contribution is -2.08. The zero-order valence-electron chi connectivity index (χ0n) is 7.18. The molecule has 0 atom stereocenters. The van der Waals surface area contributed by atoms with E-state index < -0.39 is 5.97 Å². The first-order valence-electron chi connectivity index (χ1n) is 3.59. The molecule has 0 aliphatic rings. The summed E-state index contributed by atoms with van der Waals surface area (Å²) < 4.78 is 5.23. The number of hydrogen-bond acceptors (Lipinski definition) is 3. The summed E-state index contributed by atoms with van der Waals surface area (Å²) in [7, 11) is 1.30. The topological polar surface area (TPSA) is 39.2 Å². The summed E-state index contributed by atoms with van der Waals surface area (Å²) in [5.41, 5.74) is 0.964. The quantitative estimate of drug-likeness (QED) is 0.470. The van der Waals surface area contributed by atoms with Crippen LogP contribution in [0.1, 0.15) is 16.1 Å². The van der Waals surface area contributed by atoms with Crippen LogP contribution < -0.4 is 0 Å². The molecular weight excluding hydrogens is 337 g/mol. The number of ether oxygens (including phenoxy) is 1. The number of pyridine rings is 1. The molecule has 0 aliphatic heterocycles. The fraction of sp³-hybridized carbons (Fsp3) is 0.250. The number of halogens is 3. The summed E-state index contributed by atoms with van der Waals surface area (Å²) in [6.07, 6.45) is 0. The van der Waals surface area contributed by atoms with E-state index in [1.165, 1.54) is 7.11 Å². The number of alkyl halides is 1. The maximum Gasteiger partial charge on any atom is 0.357 e. The van der Waals surface area contributed by atoms with Crippen molar-refractivity contribution in [3.8, 4) is 0 Å². The monoisotopic (exact) mass is 341 g/mol. The Morgan fingerprint density at radius 3 is 2.86 bits per heavy atom. The van der Waals surface area contributed by atoms with Gasteiger partial charge in [0.1, 0.15) is 5.15 Å². The van der Waals surface area contributed by atoms with Crippen LogP contribution in [-0.4, -0.2) is 18.1 Å². The van der Waals surface area contributed by atoms with Crippen molar-refractivity contribution < 1.29 is 9.53 Å². The van der Waals surface area contributed by atoms with Crippen molar-refractivity contribution in [2.24, 2.45) is 0 Å². The number of rotatable bonds is 2. The van der Waals surface area contributed by atoms with Gasteiger partial charge in [0.05, 0.1) is 11.6 Å². The van der Waals surface area contributed by atoms with Gasteiger partial charge in [-0.15, -0.1) is 0 Å². The van der Waals surface area contributed by atoms with Crippen molar-refractivity contribution in [3.05, 3.63) is 26.9 Å². The van der Waals surface area contributed by atoms with Gasteiger partial charge >= 0.3 is 5.97 Å². The van der Waals surface area contributed by atoms with E-state index in [0.717, 1.165) is 5.56 Å². The second-order valence-corrected chi connectivity index (χ2v) is 4.17. The van der Waals surface area contributed by atoms with Crippen molar-refractivity contribution in [2.75, 3.05) is 7.11 Å². The van der Waals surface area contributed by atoms with E-state index in [-0.39, 0.29) is 10.8 Å². The van der Waals surface area contributed by atoms with E-state index in [0.29, 0.717) is 9.80 Å². The largest absolute Gasteiger partial charge is 0.464 e. The highest BCUT2D eigenvalue weighted by molar-refractivity contribution is 9.10. The average Bonchev–Trinajstić information content (AvgIpc) is 2.20. The highest BCUT2D eigenvalue weighted by atomic mass is 79.9. The molecule has 1 aromatic heterocycles. The number of methoxy groups -OCH3 is 1. The van der Waals surface area contributed by atoms with E-state index in [1.54, 1.807) is 6.07 Å². The van der Waals surface area contributed by atoms with Gasteiger partial charge in [0.2, 0.25) is 0 Å². The van der Waals surface area contributed by atoms with E-state index in [9.17, 15) is 4.79 Å². The van der Waals surface area contributed by atoms with Gasteiger partial charge in [-0.05, 0) is 27.6 Å². The molecule has 0 bridgehead atoms. The maximum atomic E-state index is 11.3. The Kier molecular flexibility index (Phi) is 4.34. The third-order valence-corrected chi connectivity index (χ3v) is 3.26. The highest BCUT2D eigenvalue weighted by Gasteiger charge is 2.15. The van der Waals surface area contributed by atoms with Gasteiger partial charge in [0.25, 0.3) is 0 Å². The number of esters is 1. The summed E-state index contributed by atoms with van der Waals surface area (Å²) in [6.45, 7) is 0. The lowest BCUT2D eigenvalue weighted by molar-refractivity contribution is 0.0593. The molecule has 3 nitrogen and oxygen atoms in total. The van der Waals surface area contributed by atoms with Crippen LogP contribution in [0.4, 0.5) is 0 Å². The molecule has 0 aliphatic carbocycles. The first-order chi connectivity index (χ1) is 6.60. The van der Waals surface area contributed by atoms with Crippen molar-refractivity contribution in [1.82, 2.24) is 4.98 Å². The minimum absolute atomic E-state index is 0.234. The molecule has 0 aromatic carbocycles. The molecule has 1 aromatic rings. The van der Waals surface area contributed by atoms with Gasteiger partial charge in [0.15, 0.2) is 5.69 Å². The van der Waals surface area contributed by atoms with Crippen LogP contribution in [0.25, 0.3) is 0 Å². The zero-order chi connectivity index (χ0) is 10.7. The van der Waals surface area contributed by atoms with E-state index >= 15 is 0 Å². The third kappa shape index (κ3) is 2.46. The van der Waals surface area contributed by atoms with Gasteiger partial charge in [-0.1, -0.05) is 27.5 Å². The molecule has 0 saturated heterocycles. The fourth-order valence-corrected chi connectivity index (χ4v) is 1.81. The standard InChI is InChI=1S/C8H6Br2ClNO2/c1-14-8(13)6-4(3-9)2-5(10)7(11)12-6/h2H,3H2,1H3. The molecule has 1 heterocycles. The van der Waals surface area contributed by atoms with Crippen LogP contribution in [0.2, 0.25) is 5.15 Å². The average molecular weight is 343 g/mol. The predicted molar refractivity (Wildman–Crippen MR) is 60.9 cm³/mol. The molecule has 0 amide bonds. The molecule has 0 fully saturated rings. The molecular formula is C8H6Br2ClNO2. The zero-order valence-corrected chi connectivity index (χ0v) is 11.1. The number of hydrogen-bond donors (Lipinski definition) is 0. The molecule has 14 heavy (non-hydrogen) atoms. The maximum absolute atomic E-state index is 11.3. The van der Waals surface area contributed by atoms with Gasteiger partial charge in [-0.25, -0.2) is 9.78 Å². The van der Waals surface area contributed by atoms with Crippen LogP contribution in [0.3, 0.4) is 0 Å². The van der Waals surface area contributed by atoms with Crippen molar-refractivity contribution in [1.29, 1.82) is 0 Å². The number of carbonyl (C=O) groups is 1. The second kappa shape index (κ2) is 5.09. The Labute approximate surface area is 103 Å². The number of aromatic nitrogens is 1. The Morgan fingerprint density at radius 1 is 1.71 bits per heavy atom. The fourth-order valence-electron chi connectivity index (χ4n) is 0.880. The molecule has 76 valence electrons. The van der Waals surface area contributed by atoms with Crippen LogP contribution in [0, 0.1) is 0 Å². The first kappa shape index (κ1) is 11.9. The molecule has 0 N–H and O–H groups in total. The van der Waals surface area contributed by atoms with Gasteiger partial charge in [0, 0.05) is 5.33 Å². The van der Waals surface area contributed by atoms with Crippen LogP contribution in [-0.2, 0) is 10.1 Å². The van der Waals surface area contributed by atoms with Crippen molar-refractivity contribution in [2.45, 2.75) is 5.33 Å². The molecule has 0 unspecified atom stereocenters. The van der Waals surface area contributed by atoms with Gasteiger partial charge in [-0.2, -0.15) is 0 Å². The van der Waals surface area contributed by atoms with Crippen LogP contribution >= 0.6 is 43.5 Å². The smallest absolute Gasteiger partial charge is 0.357 e. The summed E-state index contributed by atoms with van der Waals surface area (Å²) >= 11 is 12.2. The second-order valence-electron chi connectivity index (χ2n) is 2.39. The highest BCUT2D eigenvalue weighted by Crippen LogP contribution is 2.24. The number of nitrogens with zero attached hydrogens (tertiary/aromatic N) is 1. The lowest BCUT2D eigenvalue weighted by atomic mass is 10.2. The minimum atomic E-state index is -0.492. The Balaban J connectivity index is 3.27. The lowest BCUT2D eigenvalue weighted by Gasteiger charge is -2.05. The van der Waals surface area contributed by atoms with E-state index in [4.69, 9.17) is 11.6 Å². The van der Waals surface area contributed by atoms with Crippen LogP contribution in [0.5, 0.6) is 0 Å². The molecule has 0 spiro atoms. The Bertz CT molecular complexity index is 371. The Hall–Kier alpha value is -0.130. The Morgan fingerprint density at radius 2 is 2.36 bits per heavy atom. The van der Waals surface area contributed by atoms with E-state index in [1.807, 2.05) is 0 Å². The van der Waals surface area contributed by atoms with E-state index in [2.05, 4.69) is 41.6 Å². The summed E-state index contributed by atoms with van der Waals surface area (Å²) in [5, 5.41) is 0.760. The summed E-state index contributed by atoms with van der Waals surface area (Å²) in [4.78, 5) is 15.2. The van der Waals surface area contributed by atoms with Crippen molar-refractivity contribution >= 4 is 49.4 Å². The third-order valence-electron chi connectivity index (χ3n) is 1.53. The van der Waals surface area contributed by atoms with Gasteiger partial charge < -0.3 is 4.74 Å². The molecule has 0 radical (unpaired) electrons. The minimum Gasteiger partial charge on any atom is -0.464 e. The SMILES string of the molecule is COC(=O)c1nc(Cl)c(Br)cc1CBr.